The Kier molecular flexibility index (Phi) is 2.62. The average molecular weight is 148 g/mol. The second kappa shape index (κ2) is 3.30. The van der Waals surface area contributed by atoms with Crippen LogP contribution in [0.15, 0.2) is 0 Å². The largest absolute Gasteiger partial charge is 0.394 e. The summed E-state index contributed by atoms with van der Waals surface area (Å²) in [5.41, 5.74) is 0. The fraction of sp³-hybridized carbons (Fsp3) is 1.00. The normalized spacial score (nSPS) is 40.5. The van der Waals surface area contributed by atoms with Crippen molar-refractivity contribution in [3.05, 3.63) is 0 Å². The van der Waals surface area contributed by atoms with Gasteiger partial charge in [0.1, 0.15) is 6.10 Å². The maximum absolute atomic E-state index is 9.13. The lowest BCUT2D eigenvalue weighted by atomic mass is 10.2. The molecule has 0 aromatic heterocycles. The molecule has 1 fully saturated rings. The molecule has 0 amide bonds. The molecule has 1 rings (SSSR count). The van der Waals surface area contributed by atoms with Crippen LogP contribution in [0.5, 0.6) is 0 Å². The first-order valence-corrected chi connectivity index (χ1v) is 3.25. The van der Waals surface area contributed by atoms with Crippen LogP contribution >= 0.6 is 0 Å². The maximum Gasteiger partial charge on any atom is 0.183 e. The number of hydrogen-bond acceptors (Lipinski definition) is 4. The maximum atomic E-state index is 9.13. The third-order valence-electron chi connectivity index (χ3n) is 1.58. The molecule has 0 aliphatic carbocycles. The number of aliphatic hydroxyl groups excluding tert-OH is 2. The van der Waals surface area contributed by atoms with Crippen molar-refractivity contribution >= 4 is 0 Å². The zero-order valence-corrected chi connectivity index (χ0v) is 5.86. The van der Waals surface area contributed by atoms with Gasteiger partial charge in [-0.2, -0.15) is 0 Å². The molecule has 1 heterocycles. The first kappa shape index (κ1) is 7.94. The van der Waals surface area contributed by atoms with Gasteiger partial charge < -0.3 is 19.7 Å². The standard InChI is InChI=1S/C6H12O4/c1-9-6-5(8)2-4(3-7)10-6/h4-8H,2-3H2,1H3/t4?,5-,6?/m0/s1. The number of methoxy groups -OCH3 is 1. The van der Waals surface area contributed by atoms with Gasteiger partial charge in [-0.05, 0) is 0 Å². The van der Waals surface area contributed by atoms with Crippen LogP contribution in [0.1, 0.15) is 6.42 Å². The van der Waals surface area contributed by atoms with Crippen LogP contribution in [0.3, 0.4) is 0 Å². The summed E-state index contributed by atoms with van der Waals surface area (Å²) in [5.74, 6) is 0. The van der Waals surface area contributed by atoms with E-state index < -0.39 is 12.4 Å². The van der Waals surface area contributed by atoms with Gasteiger partial charge >= 0.3 is 0 Å². The summed E-state index contributed by atoms with van der Waals surface area (Å²) >= 11 is 0. The molecule has 2 N–H and O–H groups in total. The minimum atomic E-state index is -0.595. The summed E-state index contributed by atoms with van der Waals surface area (Å²) < 4.78 is 9.82. The van der Waals surface area contributed by atoms with Crippen LogP contribution in [-0.4, -0.2) is 42.4 Å². The van der Waals surface area contributed by atoms with Crippen molar-refractivity contribution < 1.29 is 19.7 Å². The summed E-state index contributed by atoms with van der Waals surface area (Å²) in [7, 11) is 1.47. The van der Waals surface area contributed by atoms with Crippen LogP contribution in [0, 0.1) is 0 Å². The van der Waals surface area contributed by atoms with Crippen molar-refractivity contribution in [2.24, 2.45) is 0 Å². The highest BCUT2D eigenvalue weighted by atomic mass is 16.7. The van der Waals surface area contributed by atoms with Crippen molar-refractivity contribution in [1.29, 1.82) is 0 Å². The molecule has 1 aliphatic heterocycles. The molecule has 1 saturated heterocycles. The lowest BCUT2D eigenvalue weighted by Crippen LogP contribution is -2.22. The minimum Gasteiger partial charge on any atom is -0.394 e. The zero-order valence-electron chi connectivity index (χ0n) is 5.86. The number of rotatable bonds is 2. The molecular formula is C6H12O4. The highest BCUT2D eigenvalue weighted by Crippen LogP contribution is 2.19. The summed E-state index contributed by atoms with van der Waals surface area (Å²) in [6.07, 6.45) is -0.964. The smallest absolute Gasteiger partial charge is 0.183 e. The average Bonchev–Trinajstić information content (AvgIpc) is 2.30. The topological polar surface area (TPSA) is 58.9 Å². The van der Waals surface area contributed by atoms with Gasteiger partial charge in [0.25, 0.3) is 0 Å². The predicted octanol–water partition coefficient (Wildman–Crippen LogP) is -0.899. The van der Waals surface area contributed by atoms with Crippen molar-refractivity contribution in [2.45, 2.75) is 24.9 Å². The van der Waals surface area contributed by atoms with Crippen LogP contribution in [0.4, 0.5) is 0 Å². The van der Waals surface area contributed by atoms with E-state index in [1.165, 1.54) is 7.11 Å². The van der Waals surface area contributed by atoms with Gasteiger partial charge in [-0.3, -0.25) is 0 Å². The van der Waals surface area contributed by atoms with E-state index in [9.17, 15) is 0 Å². The number of hydrogen-bond donors (Lipinski definition) is 2. The van der Waals surface area contributed by atoms with E-state index in [0.29, 0.717) is 6.42 Å². The van der Waals surface area contributed by atoms with E-state index in [-0.39, 0.29) is 12.7 Å². The van der Waals surface area contributed by atoms with Crippen molar-refractivity contribution in [2.75, 3.05) is 13.7 Å². The highest BCUT2D eigenvalue weighted by molar-refractivity contribution is 4.75. The molecule has 0 saturated carbocycles. The quantitative estimate of drug-likeness (QED) is 0.533. The molecule has 60 valence electrons. The van der Waals surface area contributed by atoms with Gasteiger partial charge in [0.2, 0.25) is 0 Å². The minimum absolute atomic E-state index is 0.0586. The van der Waals surface area contributed by atoms with Crippen molar-refractivity contribution in [3.63, 3.8) is 0 Å². The van der Waals surface area contributed by atoms with E-state index in [1.54, 1.807) is 0 Å². The Balaban J connectivity index is 2.36. The number of ether oxygens (including phenoxy) is 2. The lowest BCUT2D eigenvalue weighted by Gasteiger charge is -2.10. The Morgan fingerprint density at radius 2 is 2.40 bits per heavy atom. The highest BCUT2D eigenvalue weighted by Gasteiger charge is 2.33. The summed E-state index contributed by atoms with van der Waals surface area (Å²) in [6, 6.07) is 0. The van der Waals surface area contributed by atoms with Crippen LogP contribution < -0.4 is 0 Å². The third-order valence-corrected chi connectivity index (χ3v) is 1.58. The molecule has 1 aliphatic rings. The molecule has 0 bridgehead atoms. The summed E-state index contributed by atoms with van der Waals surface area (Å²) in [5, 5.41) is 17.7. The van der Waals surface area contributed by atoms with E-state index in [1.807, 2.05) is 0 Å². The molecule has 3 atom stereocenters. The van der Waals surface area contributed by atoms with E-state index in [4.69, 9.17) is 19.7 Å². The second-order valence-electron chi connectivity index (χ2n) is 2.35. The fourth-order valence-corrected chi connectivity index (χ4v) is 1.05. The van der Waals surface area contributed by atoms with Crippen LogP contribution in [0.2, 0.25) is 0 Å². The van der Waals surface area contributed by atoms with E-state index in [0.717, 1.165) is 0 Å². The molecule has 0 aromatic carbocycles. The van der Waals surface area contributed by atoms with Gasteiger partial charge in [-0.1, -0.05) is 0 Å². The first-order chi connectivity index (χ1) is 4.77. The Labute approximate surface area is 59.4 Å². The summed E-state index contributed by atoms with van der Waals surface area (Å²) in [4.78, 5) is 0. The monoisotopic (exact) mass is 148 g/mol. The SMILES string of the molecule is COC1OC(CO)C[C@@H]1O. The van der Waals surface area contributed by atoms with Crippen LogP contribution in [-0.2, 0) is 9.47 Å². The molecule has 0 aromatic rings. The molecule has 0 radical (unpaired) electrons. The molecule has 10 heavy (non-hydrogen) atoms. The molecular weight excluding hydrogens is 136 g/mol. The van der Waals surface area contributed by atoms with E-state index in [2.05, 4.69) is 0 Å². The Hall–Kier alpha value is -0.160. The lowest BCUT2D eigenvalue weighted by molar-refractivity contribution is -0.153. The molecule has 4 nitrogen and oxygen atoms in total. The zero-order chi connectivity index (χ0) is 7.56. The Bertz CT molecular complexity index is 106. The van der Waals surface area contributed by atoms with E-state index >= 15 is 0 Å². The van der Waals surface area contributed by atoms with Crippen molar-refractivity contribution in [3.8, 4) is 0 Å². The third kappa shape index (κ3) is 1.46. The second-order valence-corrected chi connectivity index (χ2v) is 2.35. The van der Waals surface area contributed by atoms with Crippen molar-refractivity contribution in [1.82, 2.24) is 0 Å². The fourth-order valence-electron chi connectivity index (χ4n) is 1.05. The molecule has 4 heteroatoms. The van der Waals surface area contributed by atoms with Gasteiger partial charge in [0.05, 0.1) is 12.7 Å². The van der Waals surface area contributed by atoms with Gasteiger partial charge in [0, 0.05) is 13.5 Å². The first-order valence-electron chi connectivity index (χ1n) is 3.25. The molecule has 0 spiro atoms. The Morgan fingerprint density at radius 3 is 2.70 bits per heavy atom. The van der Waals surface area contributed by atoms with Gasteiger partial charge in [-0.15, -0.1) is 0 Å². The van der Waals surface area contributed by atoms with Gasteiger partial charge in [-0.25, -0.2) is 0 Å². The molecule has 2 unspecified atom stereocenters. The predicted molar refractivity (Wildman–Crippen MR) is 33.4 cm³/mol. The summed E-state index contributed by atoms with van der Waals surface area (Å²) in [6.45, 7) is -0.0586. The van der Waals surface area contributed by atoms with Gasteiger partial charge in [0.15, 0.2) is 6.29 Å². The number of aliphatic hydroxyl groups is 2. The Morgan fingerprint density at radius 1 is 1.70 bits per heavy atom. The van der Waals surface area contributed by atoms with Crippen LogP contribution in [0.25, 0.3) is 0 Å².